The number of para-hydroxylation sites is 2. The van der Waals surface area contributed by atoms with E-state index in [-0.39, 0.29) is 6.61 Å². The first-order valence-corrected chi connectivity index (χ1v) is 6.53. The smallest absolute Gasteiger partial charge is 0.161 e. The van der Waals surface area contributed by atoms with Crippen LogP contribution in [0, 0.1) is 0 Å². The van der Waals surface area contributed by atoms with Crippen LogP contribution in [0.1, 0.15) is 0 Å². The van der Waals surface area contributed by atoms with Crippen LogP contribution in [0.4, 0.5) is 0 Å². The van der Waals surface area contributed by atoms with Gasteiger partial charge < -0.3 is 19.3 Å². The highest BCUT2D eigenvalue weighted by atomic mass is 16.5. The van der Waals surface area contributed by atoms with Crippen molar-refractivity contribution < 1.29 is 19.3 Å². The van der Waals surface area contributed by atoms with Gasteiger partial charge in [-0.3, -0.25) is 4.90 Å². The average Bonchev–Trinajstić information content (AvgIpc) is 2.46. The average molecular weight is 267 g/mol. The molecule has 0 unspecified atom stereocenters. The molecule has 106 valence electrons. The minimum absolute atomic E-state index is 0.262. The number of ether oxygens (including phenoxy) is 3. The highest BCUT2D eigenvalue weighted by Crippen LogP contribution is 2.25. The van der Waals surface area contributed by atoms with Crippen LogP contribution in [0.15, 0.2) is 24.3 Å². The Morgan fingerprint density at radius 2 is 1.95 bits per heavy atom. The van der Waals surface area contributed by atoms with Crippen molar-refractivity contribution in [3.8, 4) is 11.5 Å². The summed E-state index contributed by atoms with van der Waals surface area (Å²) in [6.07, 6.45) is -0.511. The maximum atomic E-state index is 9.98. The third-order valence-corrected chi connectivity index (χ3v) is 3.07. The van der Waals surface area contributed by atoms with E-state index in [1.165, 1.54) is 0 Å². The summed E-state index contributed by atoms with van der Waals surface area (Å²) >= 11 is 0. The number of methoxy groups -OCH3 is 1. The van der Waals surface area contributed by atoms with Crippen LogP contribution < -0.4 is 9.47 Å². The summed E-state index contributed by atoms with van der Waals surface area (Å²) in [7, 11) is 1.60. The molecular weight excluding hydrogens is 246 g/mol. The topological polar surface area (TPSA) is 51.2 Å². The molecule has 1 aliphatic rings. The lowest BCUT2D eigenvalue weighted by molar-refractivity contribution is 0.00445. The van der Waals surface area contributed by atoms with Gasteiger partial charge in [-0.1, -0.05) is 12.1 Å². The maximum absolute atomic E-state index is 9.98. The molecule has 1 atom stereocenters. The summed E-state index contributed by atoms with van der Waals surface area (Å²) in [5.41, 5.74) is 0. The Hall–Kier alpha value is -1.30. The summed E-state index contributed by atoms with van der Waals surface area (Å²) in [5.74, 6) is 1.34. The lowest BCUT2D eigenvalue weighted by Crippen LogP contribution is -2.42. The second-order valence-electron chi connectivity index (χ2n) is 4.53. The molecule has 5 heteroatoms. The highest BCUT2D eigenvalue weighted by Gasteiger charge is 2.15. The normalized spacial score (nSPS) is 18.0. The number of aliphatic hydroxyl groups is 1. The molecule has 0 radical (unpaired) electrons. The third-order valence-electron chi connectivity index (χ3n) is 3.07. The monoisotopic (exact) mass is 267 g/mol. The molecule has 1 saturated heterocycles. The van der Waals surface area contributed by atoms with Gasteiger partial charge in [0.1, 0.15) is 12.7 Å². The zero-order chi connectivity index (χ0) is 13.5. The number of aliphatic hydroxyl groups excluding tert-OH is 1. The molecule has 0 amide bonds. The van der Waals surface area contributed by atoms with Crippen molar-refractivity contribution in [1.82, 2.24) is 4.90 Å². The van der Waals surface area contributed by atoms with Crippen molar-refractivity contribution in [2.24, 2.45) is 0 Å². The van der Waals surface area contributed by atoms with Gasteiger partial charge in [-0.25, -0.2) is 0 Å². The fourth-order valence-electron chi connectivity index (χ4n) is 2.06. The molecule has 1 heterocycles. The third kappa shape index (κ3) is 4.38. The van der Waals surface area contributed by atoms with E-state index in [2.05, 4.69) is 4.90 Å². The minimum Gasteiger partial charge on any atom is -0.493 e. The SMILES string of the molecule is COc1ccccc1OC[C@H](O)CN1CCOCC1. The molecule has 19 heavy (non-hydrogen) atoms. The van der Waals surface area contributed by atoms with Gasteiger partial charge in [0.2, 0.25) is 0 Å². The Bertz CT molecular complexity index is 379. The minimum atomic E-state index is -0.511. The summed E-state index contributed by atoms with van der Waals surface area (Å²) in [6.45, 7) is 4.08. The summed E-state index contributed by atoms with van der Waals surface area (Å²) in [6, 6.07) is 7.44. The molecule has 1 fully saturated rings. The van der Waals surface area contributed by atoms with E-state index < -0.39 is 6.10 Å². The molecule has 1 aromatic rings. The number of rotatable bonds is 6. The molecule has 2 rings (SSSR count). The maximum Gasteiger partial charge on any atom is 0.161 e. The van der Waals surface area contributed by atoms with E-state index in [0.717, 1.165) is 26.3 Å². The van der Waals surface area contributed by atoms with Crippen molar-refractivity contribution in [3.05, 3.63) is 24.3 Å². The second-order valence-corrected chi connectivity index (χ2v) is 4.53. The molecule has 1 aromatic carbocycles. The van der Waals surface area contributed by atoms with E-state index in [0.29, 0.717) is 18.0 Å². The van der Waals surface area contributed by atoms with E-state index in [4.69, 9.17) is 14.2 Å². The standard InChI is InChI=1S/C14H21NO4/c1-17-13-4-2-3-5-14(13)19-11-12(16)10-15-6-8-18-9-7-15/h2-5,12,16H,6-11H2,1H3/t12-/m1/s1. The van der Waals surface area contributed by atoms with E-state index in [1.807, 2.05) is 24.3 Å². The molecule has 0 aromatic heterocycles. The lowest BCUT2D eigenvalue weighted by Gasteiger charge is -2.28. The summed E-state index contributed by atoms with van der Waals surface area (Å²) in [5, 5.41) is 9.98. The predicted molar refractivity (Wildman–Crippen MR) is 71.8 cm³/mol. The van der Waals surface area contributed by atoms with Crippen LogP contribution in [0.5, 0.6) is 11.5 Å². The summed E-state index contributed by atoms with van der Waals surface area (Å²) < 4.78 is 16.1. The Balaban J connectivity index is 1.77. The van der Waals surface area contributed by atoms with Crippen LogP contribution >= 0.6 is 0 Å². The first kappa shape index (κ1) is 14.1. The predicted octanol–water partition coefficient (Wildman–Crippen LogP) is 0.767. The van der Waals surface area contributed by atoms with Crippen molar-refractivity contribution in [1.29, 1.82) is 0 Å². The number of nitrogens with zero attached hydrogens (tertiary/aromatic N) is 1. The highest BCUT2D eigenvalue weighted by molar-refractivity contribution is 5.39. The number of hydrogen-bond acceptors (Lipinski definition) is 5. The zero-order valence-corrected chi connectivity index (χ0v) is 11.2. The van der Waals surface area contributed by atoms with Gasteiger partial charge in [-0.15, -0.1) is 0 Å². The number of hydrogen-bond donors (Lipinski definition) is 1. The Morgan fingerprint density at radius 1 is 1.26 bits per heavy atom. The fraction of sp³-hybridized carbons (Fsp3) is 0.571. The quantitative estimate of drug-likeness (QED) is 0.825. The molecule has 0 aliphatic carbocycles. The summed E-state index contributed by atoms with van der Waals surface area (Å²) in [4.78, 5) is 2.18. The number of β-amino-alcohol motifs (C(OH)–C–C–N with tert-alkyl or cyclic N) is 1. The van der Waals surface area contributed by atoms with Crippen LogP contribution in [-0.2, 0) is 4.74 Å². The Labute approximate surface area is 113 Å². The van der Waals surface area contributed by atoms with Crippen molar-refractivity contribution in [3.63, 3.8) is 0 Å². The van der Waals surface area contributed by atoms with Crippen molar-refractivity contribution in [2.45, 2.75) is 6.10 Å². The van der Waals surface area contributed by atoms with Gasteiger partial charge >= 0.3 is 0 Å². The van der Waals surface area contributed by atoms with Crippen molar-refractivity contribution >= 4 is 0 Å². The van der Waals surface area contributed by atoms with Gasteiger partial charge in [-0.2, -0.15) is 0 Å². The van der Waals surface area contributed by atoms with Crippen LogP contribution in [0.25, 0.3) is 0 Å². The van der Waals surface area contributed by atoms with Gasteiger partial charge in [0, 0.05) is 19.6 Å². The number of benzene rings is 1. The van der Waals surface area contributed by atoms with E-state index in [1.54, 1.807) is 7.11 Å². The van der Waals surface area contributed by atoms with Crippen LogP contribution in [-0.4, -0.2) is 62.7 Å². The molecule has 5 nitrogen and oxygen atoms in total. The molecule has 1 aliphatic heterocycles. The lowest BCUT2D eigenvalue weighted by atomic mass is 10.3. The van der Waals surface area contributed by atoms with Gasteiger partial charge in [0.25, 0.3) is 0 Å². The first-order valence-electron chi connectivity index (χ1n) is 6.53. The first-order chi connectivity index (χ1) is 9.29. The molecule has 1 N–H and O–H groups in total. The largest absolute Gasteiger partial charge is 0.493 e. The van der Waals surface area contributed by atoms with E-state index in [9.17, 15) is 5.11 Å². The molecular formula is C14H21NO4. The van der Waals surface area contributed by atoms with Gasteiger partial charge in [0.05, 0.1) is 20.3 Å². The van der Waals surface area contributed by atoms with Crippen LogP contribution in [0.3, 0.4) is 0 Å². The Morgan fingerprint density at radius 3 is 2.63 bits per heavy atom. The molecule has 0 saturated carbocycles. The molecule has 0 bridgehead atoms. The van der Waals surface area contributed by atoms with Gasteiger partial charge in [0.15, 0.2) is 11.5 Å². The van der Waals surface area contributed by atoms with Crippen molar-refractivity contribution in [2.75, 3.05) is 46.6 Å². The van der Waals surface area contributed by atoms with Gasteiger partial charge in [-0.05, 0) is 12.1 Å². The van der Waals surface area contributed by atoms with Crippen LogP contribution in [0.2, 0.25) is 0 Å². The zero-order valence-electron chi connectivity index (χ0n) is 11.2. The number of morpholine rings is 1. The van der Waals surface area contributed by atoms with E-state index >= 15 is 0 Å². The fourth-order valence-corrected chi connectivity index (χ4v) is 2.06. The Kier molecular flexibility index (Phi) is 5.44. The second kappa shape index (κ2) is 7.33. The molecule has 0 spiro atoms.